The number of aliphatic hydroxyl groups excluding tert-OH is 1. The molecule has 1 spiro atoms. The van der Waals surface area contributed by atoms with Gasteiger partial charge in [0.1, 0.15) is 17.6 Å². The van der Waals surface area contributed by atoms with Crippen molar-refractivity contribution < 1.29 is 29.3 Å². The Morgan fingerprint density at radius 2 is 1.77 bits per heavy atom. The van der Waals surface area contributed by atoms with Gasteiger partial charge in [0.25, 0.3) is 0 Å². The maximum Gasteiger partial charge on any atom is 0.304 e. The number of allylic oxidation sites excluding steroid dienone is 8. The van der Waals surface area contributed by atoms with Gasteiger partial charge in [-0.05, 0) is 64.9 Å². The Hall–Kier alpha value is -3.67. The summed E-state index contributed by atoms with van der Waals surface area (Å²) in [4.78, 5) is 40.9. The van der Waals surface area contributed by atoms with Crippen LogP contribution < -0.4 is 0 Å². The highest BCUT2D eigenvalue weighted by atomic mass is 16.5. The second-order valence-corrected chi connectivity index (χ2v) is 11.9. The largest absolute Gasteiger partial charge is 0.507 e. The first-order chi connectivity index (χ1) is 18.9. The van der Waals surface area contributed by atoms with Gasteiger partial charge in [-0.15, -0.1) is 0 Å². The maximum atomic E-state index is 15.0. The van der Waals surface area contributed by atoms with Crippen LogP contribution in [0.15, 0.2) is 88.4 Å². The van der Waals surface area contributed by atoms with Gasteiger partial charge in [-0.3, -0.25) is 14.4 Å². The van der Waals surface area contributed by atoms with Gasteiger partial charge >= 0.3 is 5.97 Å². The monoisotopic (exact) mass is 544 g/mol. The number of rotatable bonds is 5. The number of ketones is 2. The standard InChI is InChI=1S/C34H40O6/c1-19(2)25-13-12-20(3)16-21(4)14-15-34(18-25)32(39)28(26(17-27(35)36)24-10-8-7-9-11-24)31(38)29-30(37)22(5)23(6)40-33(29)34/h7-12,14,22-23,25-26,38H,1,13,15-18H2,2-6H3,(H,35,36)/b20-12-,21-14+/t22-,23-,25-,26+,34+/m1/s1. The molecule has 2 aliphatic carbocycles. The Morgan fingerprint density at radius 3 is 2.40 bits per heavy atom. The molecule has 0 saturated heterocycles. The summed E-state index contributed by atoms with van der Waals surface area (Å²) < 4.78 is 6.43. The average molecular weight is 545 g/mol. The molecule has 0 amide bonds. The van der Waals surface area contributed by atoms with E-state index in [-0.39, 0.29) is 40.8 Å². The zero-order valence-electron chi connectivity index (χ0n) is 24.1. The third kappa shape index (κ3) is 5.36. The molecular weight excluding hydrogens is 504 g/mol. The minimum Gasteiger partial charge on any atom is -0.507 e. The Balaban J connectivity index is 2.04. The molecule has 5 atom stereocenters. The van der Waals surface area contributed by atoms with Crippen molar-refractivity contribution >= 4 is 17.5 Å². The molecule has 0 radical (unpaired) electrons. The number of carboxylic acid groups (broad SMARTS) is 1. The van der Waals surface area contributed by atoms with Gasteiger partial charge < -0.3 is 14.9 Å². The summed E-state index contributed by atoms with van der Waals surface area (Å²) in [6, 6.07) is 8.86. The molecule has 1 aromatic rings. The van der Waals surface area contributed by atoms with Gasteiger partial charge in [0, 0.05) is 11.5 Å². The van der Waals surface area contributed by atoms with Crippen LogP contribution in [-0.2, 0) is 19.1 Å². The molecule has 212 valence electrons. The summed E-state index contributed by atoms with van der Waals surface area (Å²) >= 11 is 0. The number of aliphatic hydroxyl groups is 1. The van der Waals surface area contributed by atoms with E-state index >= 15 is 0 Å². The number of carbonyl (C=O) groups excluding carboxylic acids is 2. The van der Waals surface area contributed by atoms with Crippen LogP contribution >= 0.6 is 0 Å². The lowest BCUT2D eigenvalue weighted by atomic mass is 9.60. The number of fused-ring (bicyclic) bond motifs is 1. The van der Waals surface area contributed by atoms with Crippen molar-refractivity contribution in [2.45, 2.75) is 78.7 Å². The second kappa shape index (κ2) is 11.4. The number of Topliss-reactive ketones (excluding diaryl/α,β-unsaturated/α-hetero) is 2. The van der Waals surface area contributed by atoms with Gasteiger partial charge in [-0.1, -0.05) is 72.7 Å². The lowest BCUT2D eigenvalue weighted by molar-refractivity contribution is -0.137. The van der Waals surface area contributed by atoms with Crippen LogP contribution in [0.3, 0.4) is 0 Å². The number of ether oxygens (including phenoxy) is 1. The van der Waals surface area contributed by atoms with Crippen molar-refractivity contribution in [3.63, 3.8) is 0 Å². The fraction of sp³-hybridized carbons (Fsp3) is 0.441. The van der Waals surface area contributed by atoms with Crippen molar-refractivity contribution in [3.05, 3.63) is 94.0 Å². The zero-order valence-corrected chi connectivity index (χ0v) is 24.1. The van der Waals surface area contributed by atoms with E-state index in [0.29, 0.717) is 18.4 Å². The van der Waals surface area contributed by atoms with Crippen LogP contribution in [0.2, 0.25) is 0 Å². The molecule has 4 rings (SSSR count). The molecule has 0 bridgehead atoms. The van der Waals surface area contributed by atoms with Crippen LogP contribution in [0, 0.1) is 17.3 Å². The summed E-state index contributed by atoms with van der Waals surface area (Å²) in [6.07, 6.45) is 5.35. The molecule has 1 aromatic carbocycles. The minimum atomic E-state index is -1.30. The van der Waals surface area contributed by atoms with E-state index in [0.717, 1.165) is 17.6 Å². The molecule has 3 aliphatic rings. The first-order valence-corrected chi connectivity index (χ1v) is 14.0. The highest BCUT2D eigenvalue weighted by molar-refractivity contribution is 6.13. The van der Waals surface area contributed by atoms with Gasteiger partial charge in [0.05, 0.1) is 23.3 Å². The topological polar surface area (TPSA) is 101 Å². The van der Waals surface area contributed by atoms with Crippen molar-refractivity contribution in [3.8, 4) is 0 Å². The number of carbonyl (C=O) groups is 3. The van der Waals surface area contributed by atoms with E-state index in [2.05, 4.69) is 19.6 Å². The molecule has 6 heteroatoms. The summed E-state index contributed by atoms with van der Waals surface area (Å²) in [5, 5.41) is 21.6. The van der Waals surface area contributed by atoms with Crippen LogP contribution in [0.25, 0.3) is 0 Å². The minimum absolute atomic E-state index is 0.0156. The SMILES string of the molecule is C=C(C)[C@@H]1C/C=C(/C)C/C(C)=C/C[C@]2(C1)C(=O)C([C@@H](CC(=O)O)c1ccccc1)=C(O)C1=C2O[C@H](C)[C@@H](C)C1=O. The van der Waals surface area contributed by atoms with Crippen molar-refractivity contribution in [2.24, 2.45) is 17.3 Å². The smallest absolute Gasteiger partial charge is 0.304 e. The van der Waals surface area contributed by atoms with Gasteiger partial charge in [0.2, 0.25) is 0 Å². The van der Waals surface area contributed by atoms with E-state index in [9.17, 15) is 24.6 Å². The first-order valence-electron chi connectivity index (χ1n) is 14.0. The Morgan fingerprint density at radius 1 is 1.12 bits per heavy atom. The molecule has 40 heavy (non-hydrogen) atoms. The molecular formula is C34H40O6. The Labute approximate surface area is 236 Å². The normalized spacial score (nSPS) is 31.0. The fourth-order valence-electron chi connectivity index (χ4n) is 6.26. The fourth-order valence-corrected chi connectivity index (χ4v) is 6.26. The number of aliphatic carboxylic acids is 1. The molecule has 1 aliphatic heterocycles. The van der Waals surface area contributed by atoms with Crippen molar-refractivity contribution in [1.82, 2.24) is 0 Å². The molecule has 0 unspecified atom stereocenters. The number of benzene rings is 1. The molecule has 2 N–H and O–H groups in total. The van der Waals surface area contributed by atoms with Gasteiger partial charge in [-0.2, -0.15) is 0 Å². The Bertz CT molecular complexity index is 1360. The van der Waals surface area contributed by atoms with E-state index in [1.54, 1.807) is 31.2 Å². The third-order valence-corrected chi connectivity index (χ3v) is 8.83. The van der Waals surface area contributed by atoms with Crippen molar-refractivity contribution in [2.75, 3.05) is 0 Å². The highest BCUT2D eigenvalue weighted by Gasteiger charge is 2.56. The van der Waals surface area contributed by atoms with Gasteiger partial charge in [0.15, 0.2) is 11.6 Å². The maximum absolute atomic E-state index is 15.0. The average Bonchev–Trinajstić information content (AvgIpc) is 2.90. The summed E-state index contributed by atoms with van der Waals surface area (Å²) in [6.45, 7) is 13.9. The number of carboxylic acids is 1. The van der Waals surface area contributed by atoms with E-state index < -0.39 is 41.5 Å². The summed E-state index contributed by atoms with van der Waals surface area (Å²) in [5.41, 5.74) is 2.52. The van der Waals surface area contributed by atoms with E-state index in [1.807, 2.05) is 32.9 Å². The Kier molecular flexibility index (Phi) is 8.38. The molecule has 0 aromatic heterocycles. The molecule has 0 fully saturated rings. The van der Waals surface area contributed by atoms with Crippen LogP contribution in [0.4, 0.5) is 0 Å². The lowest BCUT2D eigenvalue weighted by Crippen LogP contribution is -2.48. The molecule has 0 saturated carbocycles. The quantitative estimate of drug-likeness (QED) is 0.381. The predicted molar refractivity (Wildman–Crippen MR) is 155 cm³/mol. The van der Waals surface area contributed by atoms with Crippen molar-refractivity contribution in [1.29, 1.82) is 0 Å². The molecule has 1 heterocycles. The predicted octanol–water partition coefficient (Wildman–Crippen LogP) is 7.16. The summed E-state index contributed by atoms with van der Waals surface area (Å²) in [5.74, 6) is -3.59. The second-order valence-electron chi connectivity index (χ2n) is 11.9. The first kappa shape index (κ1) is 29.3. The number of hydrogen-bond acceptors (Lipinski definition) is 5. The van der Waals surface area contributed by atoms with Crippen LogP contribution in [0.5, 0.6) is 0 Å². The summed E-state index contributed by atoms with van der Waals surface area (Å²) in [7, 11) is 0. The van der Waals surface area contributed by atoms with Gasteiger partial charge in [-0.25, -0.2) is 0 Å². The third-order valence-electron chi connectivity index (χ3n) is 8.83. The zero-order chi connectivity index (χ0) is 29.4. The van der Waals surface area contributed by atoms with E-state index in [4.69, 9.17) is 4.74 Å². The molecule has 6 nitrogen and oxygen atoms in total. The number of hydrogen-bond donors (Lipinski definition) is 2. The van der Waals surface area contributed by atoms with Crippen LogP contribution in [-0.4, -0.2) is 33.9 Å². The van der Waals surface area contributed by atoms with Crippen LogP contribution in [0.1, 0.15) is 78.2 Å². The highest BCUT2D eigenvalue weighted by Crippen LogP contribution is 2.54. The van der Waals surface area contributed by atoms with E-state index in [1.165, 1.54) is 5.57 Å². The lowest BCUT2D eigenvalue weighted by Gasteiger charge is -2.46.